The molecule has 284 valence electrons. The first-order valence-corrected chi connectivity index (χ1v) is 18.0. The van der Waals surface area contributed by atoms with Crippen molar-refractivity contribution in [2.24, 2.45) is 0 Å². The molecular formula is C40H34F2N8O6. The number of fused-ring (bicyclic) bond motifs is 2. The van der Waals surface area contributed by atoms with E-state index in [9.17, 15) is 37.5 Å². The molecule has 1 atom stereocenters. The number of piperidine rings is 1. The summed E-state index contributed by atoms with van der Waals surface area (Å²) in [4.78, 5) is 81.0. The van der Waals surface area contributed by atoms with E-state index >= 15 is 0 Å². The second-order valence-electron chi connectivity index (χ2n) is 13.8. The number of imide groups is 2. The first-order valence-electron chi connectivity index (χ1n) is 18.0. The predicted octanol–water partition coefficient (Wildman–Crippen LogP) is 3.85. The van der Waals surface area contributed by atoms with Gasteiger partial charge in [0.2, 0.25) is 17.7 Å². The van der Waals surface area contributed by atoms with Gasteiger partial charge in [-0.25, -0.2) is 8.78 Å². The highest BCUT2D eigenvalue weighted by Gasteiger charge is 2.44. The van der Waals surface area contributed by atoms with E-state index in [0.29, 0.717) is 66.1 Å². The number of nitrogens with one attached hydrogen (secondary N) is 4. The molecule has 0 bridgehead atoms. The molecule has 0 saturated carbocycles. The molecule has 56 heavy (non-hydrogen) atoms. The maximum Gasteiger partial charge on any atom is 0.262 e. The van der Waals surface area contributed by atoms with Gasteiger partial charge in [-0.1, -0.05) is 6.07 Å². The third-order valence-electron chi connectivity index (χ3n) is 10.2. The number of nitrogens with zero attached hydrogens (tertiary/aromatic N) is 4. The fourth-order valence-corrected chi connectivity index (χ4v) is 7.30. The predicted molar refractivity (Wildman–Crippen MR) is 200 cm³/mol. The molecule has 8 rings (SSSR count). The largest absolute Gasteiger partial charge is 0.376 e. The lowest BCUT2D eigenvalue weighted by Gasteiger charge is -2.36. The van der Waals surface area contributed by atoms with Gasteiger partial charge >= 0.3 is 0 Å². The van der Waals surface area contributed by atoms with Gasteiger partial charge in [-0.05, 0) is 90.7 Å². The number of hydrogen-bond donors (Lipinski definition) is 4. The minimum atomic E-state index is -1.06. The SMILES string of the molecule is O=C1CCC(N2C(=O)c3ccc(NCC(=O)N4CCN(c5ccc(C(=O)Nc6n[nH]c7ccc(Cc8cc(F)cc(F)c8)cc67)cc5)CC4)cc3C2=O)C(=O)N1. The monoisotopic (exact) mass is 760 g/mol. The zero-order chi connectivity index (χ0) is 39.1. The number of aromatic amines is 1. The van der Waals surface area contributed by atoms with Crippen LogP contribution in [0.5, 0.6) is 0 Å². The van der Waals surface area contributed by atoms with Crippen molar-refractivity contribution in [3.63, 3.8) is 0 Å². The first-order chi connectivity index (χ1) is 27.0. The number of halogens is 2. The Morgan fingerprint density at radius 3 is 2.27 bits per heavy atom. The number of aromatic nitrogens is 2. The molecular weight excluding hydrogens is 726 g/mol. The highest BCUT2D eigenvalue weighted by Crippen LogP contribution is 2.30. The molecule has 5 aromatic rings. The van der Waals surface area contributed by atoms with Crippen LogP contribution in [0.3, 0.4) is 0 Å². The lowest BCUT2D eigenvalue weighted by Crippen LogP contribution is -2.54. The zero-order valence-corrected chi connectivity index (χ0v) is 29.7. The Kier molecular flexibility index (Phi) is 9.45. The van der Waals surface area contributed by atoms with Gasteiger partial charge in [0.15, 0.2) is 5.82 Å². The number of amides is 6. The van der Waals surface area contributed by atoms with Crippen LogP contribution in [0.15, 0.2) is 78.9 Å². The summed E-state index contributed by atoms with van der Waals surface area (Å²) in [7, 11) is 0. The van der Waals surface area contributed by atoms with Crippen LogP contribution in [0.2, 0.25) is 0 Å². The van der Waals surface area contributed by atoms with E-state index in [4.69, 9.17) is 0 Å². The van der Waals surface area contributed by atoms with E-state index in [1.54, 1.807) is 29.2 Å². The normalized spacial score (nSPS) is 17.0. The van der Waals surface area contributed by atoms with Crippen molar-refractivity contribution >= 4 is 63.5 Å². The lowest BCUT2D eigenvalue weighted by atomic mass is 10.0. The Bertz CT molecular complexity index is 2420. The Balaban J connectivity index is 0.829. The molecule has 0 aliphatic carbocycles. The van der Waals surface area contributed by atoms with Crippen molar-refractivity contribution in [1.82, 2.24) is 25.3 Å². The summed E-state index contributed by atoms with van der Waals surface area (Å²) >= 11 is 0. The number of rotatable bonds is 9. The molecule has 16 heteroatoms. The van der Waals surface area contributed by atoms with Gasteiger partial charge in [0.05, 0.1) is 23.2 Å². The fourth-order valence-electron chi connectivity index (χ4n) is 7.30. The summed E-state index contributed by atoms with van der Waals surface area (Å²) in [5.41, 5.74) is 4.01. The highest BCUT2D eigenvalue weighted by molar-refractivity contribution is 6.23. The topological polar surface area (TPSA) is 177 Å². The van der Waals surface area contributed by atoms with Crippen molar-refractivity contribution in [3.8, 4) is 0 Å². The van der Waals surface area contributed by atoms with Crippen molar-refractivity contribution in [3.05, 3.63) is 118 Å². The van der Waals surface area contributed by atoms with E-state index in [-0.39, 0.29) is 42.3 Å². The molecule has 2 saturated heterocycles. The van der Waals surface area contributed by atoms with Gasteiger partial charge in [-0.3, -0.25) is 44.1 Å². The van der Waals surface area contributed by atoms with Crippen LogP contribution in [0.25, 0.3) is 10.9 Å². The van der Waals surface area contributed by atoms with Crippen LogP contribution in [-0.2, 0) is 20.8 Å². The van der Waals surface area contributed by atoms with Gasteiger partial charge in [-0.2, -0.15) is 5.10 Å². The third-order valence-corrected chi connectivity index (χ3v) is 10.2. The second-order valence-corrected chi connectivity index (χ2v) is 13.8. The summed E-state index contributed by atoms with van der Waals surface area (Å²) in [5.74, 6) is -3.84. The standard InChI is InChI=1S/C40H34F2N8O6/c41-25-16-23(17-26(42)19-25)15-22-1-8-32-31(18-22)36(47-46-32)45-37(53)24-2-5-28(6-3-24)48-11-13-49(14-12-48)35(52)21-43-27-4-7-29-30(20-27)40(56)50(39(29)55)33-9-10-34(51)44-38(33)54/h1-8,16-20,33,43H,9-15,21H2,(H,44,51,54)(H2,45,46,47,53). The van der Waals surface area contributed by atoms with Crippen LogP contribution in [-0.4, -0.2) is 94.2 Å². The Morgan fingerprint density at radius 1 is 0.804 bits per heavy atom. The van der Waals surface area contributed by atoms with Gasteiger partial charge in [0, 0.05) is 61.0 Å². The molecule has 3 aliphatic heterocycles. The zero-order valence-electron chi connectivity index (χ0n) is 29.7. The fraction of sp³-hybridized carbons (Fsp3) is 0.225. The molecule has 2 fully saturated rings. The molecule has 1 unspecified atom stereocenters. The van der Waals surface area contributed by atoms with Crippen LogP contribution in [0.1, 0.15) is 55.0 Å². The Morgan fingerprint density at radius 2 is 1.54 bits per heavy atom. The maximum absolute atomic E-state index is 13.7. The minimum Gasteiger partial charge on any atom is -0.376 e. The molecule has 4 N–H and O–H groups in total. The minimum absolute atomic E-state index is 0.0285. The van der Waals surface area contributed by atoms with Crippen molar-refractivity contribution < 1.29 is 37.5 Å². The van der Waals surface area contributed by atoms with E-state index in [1.807, 2.05) is 24.3 Å². The third kappa shape index (κ3) is 7.15. The van der Waals surface area contributed by atoms with Gasteiger partial charge in [0.1, 0.15) is 17.7 Å². The molecule has 1 aromatic heterocycles. The Labute approximate surface area is 317 Å². The Hall–Kier alpha value is -6.97. The average molecular weight is 761 g/mol. The van der Waals surface area contributed by atoms with Gasteiger partial charge in [-0.15, -0.1) is 0 Å². The van der Waals surface area contributed by atoms with Crippen LogP contribution in [0, 0.1) is 11.6 Å². The number of anilines is 3. The summed E-state index contributed by atoms with van der Waals surface area (Å²) in [5, 5.41) is 15.9. The number of H-pyrrole nitrogens is 1. The smallest absolute Gasteiger partial charge is 0.262 e. The van der Waals surface area contributed by atoms with E-state index in [0.717, 1.165) is 22.2 Å². The quantitative estimate of drug-likeness (QED) is 0.163. The summed E-state index contributed by atoms with van der Waals surface area (Å²) in [6.07, 6.45) is 0.384. The maximum atomic E-state index is 13.7. The van der Waals surface area contributed by atoms with Crippen LogP contribution >= 0.6 is 0 Å². The van der Waals surface area contributed by atoms with Gasteiger partial charge in [0.25, 0.3) is 17.7 Å². The number of piperazine rings is 1. The van der Waals surface area contributed by atoms with Crippen molar-refractivity contribution in [2.75, 3.05) is 48.3 Å². The highest BCUT2D eigenvalue weighted by atomic mass is 19.1. The molecule has 0 spiro atoms. The van der Waals surface area contributed by atoms with Crippen LogP contribution in [0.4, 0.5) is 26.0 Å². The van der Waals surface area contributed by atoms with E-state index in [1.165, 1.54) is 24.3 Å². The molecule has 0 radical (unpaired) electrons. The molecule has 3 aliphatic rings. The van der Waals surface area contributed by atoms with Crippen molar-refractivity contribution in [2.45, 2.75) is 25.3 Å². The number of carbonyl (C=O) groups excluding carboxylic acids is 6. The summed E-state index contributed by atoms with van der Waals surface area (Å²) in [6, 6.07) is 19.5. The first kappa shape index (κ1) is 36.0. The lowest BCUT2D eigenvalue weighted by molar-refractivity contribution is -0.136. The molecule has 4 heterocycles. The molecule has 6 amide bonds. The number of carbonyl (C=O) groups is 6. The van der Waals surface area contributed by atoms with E-state index in [2.05, 4.69) is 31.0 Å². The van der Waals surface area contributed by atoms with Gasteiger partial charge < -0.3 is 20.4 Å². The summed E-state index contributed by atoms with van der Waals surface area (Å²) < 4.78 is 27.4. The average Bonchev–Trinajstić information content (AvgIpc) is 3.69. The molecule has 4 aromatic carbocycles. The number of benzene rings is 4. The van der Waals surface area contributed by atoms with Crippen LogP contribution < -0.4 is 20.9 Å². The van der Waals surface area contributed by atoms with Crippen molar-refractivity contribution in [1.29, 1.82) is 0 Å². The molecule has 14 nitrogen and oxygen atoms in total. The summed E-state index contributed by atoms with van der Waals surface area (Å²) in [6.45, 7) is 2.01. The number of hydrogen-bond acceptors (Lipinski definition) is 9. The second kappa shape index (κ2) is 14.7. The van der Waals surface area contributed by atoms with E-state index < -0.39 is 41.3 Å².